The highest BCUT2D eigenvalue weighted by molar-refractivity contribution is 7.15. The molecule has 0 bridgehead atoms. The Kier molecular flexibility index (Phi) is 4.49. The van der Waals surface area contributed by atoms with Crippen molar-refractivity contribution in [2.24, 2.45) is 5.73 Å². The lowest BCUT2D eigenvalue weighted by molar-refractivity contribution is -0.155. The van der Waals surface area contributed by atoms with Crippen LogP contribution in [0.2, 0.25) is 0 Å². The van der Waals surface area contributed by atoms with E-state index < -0.39 is 11.6 Å². The van der Waals surface area contributed by atoms with Crippen LogP contribution in [0.4, 0.5) is 0 Å². The number of thiophene rings is 1. The van der Waals surface area contributed by atoms with Crippen molar-refractivity contribution in [2.75, 3.05) is 0 Å². The van der Waals surface area contributed by atoms with E-state index in [-0.39, 0.29) is 0 Å². The summed E-state index contributed by atoms with van der Waals surface area (Å²) in [6.45, 7) is 0.466. The van der Waals surface area contributed by atoms with E-state index in [0.29, 0.717) is 17.7 Å². The van der Waals surface area contributed by atoms with Gasteiger partial charge in [0, 0.05) is 21.9 Å². The second-order valence-electron chi connectivity index (χ2n) is 5.43. The topological polar surface area (TPSA) is 83.5 Å². The summed E-state index contributed by atoms with van der Waals surface area (Å²) in [5.41, 5.74) is 5.05. The Morgan fingerprint density at radius 3 is 2.33 bits per heavy atom. The number of aliphatic hydroxyl groups is 1. The van der Waals surface area contributed by atoms with E-state index in [1.54, 1.807) is 59.9 Å². The van der Waals surface area contributed by atoms with Crippen molar-refractivity contribution in [1.29, 1.82) is 0 Å². The van der Waals surface area contributed by atoms with Crippen LogP contribution in [0.5, 0.6) is 0 Å². The molecule has 4 nitrogen and oxygen atoms in total. The number of carbonyl (C=O) groups is 1. The zero-order chi connectivity index (χ0) is 17.2. The molecule has 0 radical (unpaired) electrons. The van der Waals surface area contributed by atoms with Gasteiger partial charge in [0.15, 0.2) is 0 Å². The Bertz CT molecular complexity index is 860. The molecule has 0 aliphatic heterocycles. The Morgan fingerprint density at radius 2 is 1.71 bits per heavy atom. The zero-order valence-corrected chi connectivity index (χ0v) is 13.7. The number of carboxylic acids is 1. The first kappa shape index (κ1) is 16.4. The van der Waals surface area contributed by atoms with Crippen molar-refractivity contribution in [3.8, 4) is 10.4 Å². The van der Waals surface area contributed by atoms with Gasteiger partial charge in [-0.25, -0.2) is 4.79 Å². The van der Waals surface area contributed by atoms with Gasteiger partial charge in [0.05, 0.1) is 0 Å². The van der Waals surface area contributed by atoms with Gasteiger partial charge in [0.25, 0.3) is 0 Å². The maximum atomic E-state index is 11.9. The molecule has 0 aliphatic rings. The molecule has 1 aromatic heterocycles. The van der Waals surface area contributed by atoms with Crippen molar-refractivity contribution in [3.05, 3.63) is 82.7 Å². The summed E-state index contributed by atoms with van der Waals surface area (Å²) < 4.78 is 0. The van der Waals surface area contributed by atoms with Crippen LogP contribution in [0.1, 0.15) is 16.0 Å². The number of hydrogen-bond acceptors (Lipinski definition) is 4. The molecule has 3 aromatic rings. The average molecular weight is 339 g/mol. The average Bonchev–Trinajstić information content (AvgIpc) is 3.11. The van der Waals surface area contributed by atoms with E-state index >= 15 is 0 Å². The molecule has 0 saturated carbocycles. The zero-order valence-electron chi connectivity index (χ0n) is 12.8. The number of nitrogens with two attached hydrogens (primary N) is 1. The second kappa shape index (κ2) is 6.57. The maximum absolute atomic E-state index is 11.9. The fourth-order valence-corrected chi connectivity index (χ4v) is 3.52. The highest BCUT2D eigenvalue weighted by atomic mass is 32.1. The van der Waals surface area contributed by atoms with Gasteiger partial charge in [-0.1, -0.05) is 48.5 Å². The number of benzene rings is 2. The fourth-order valence-electron chi connectivity index (χ4n) is 2.63. The van der Waals surface area contributed by atoms with E-state index in [9.17, 15) is 15.0 Å². The molecule has 0 aliphatic carbocycles. The number of carboxylic acid groups (broad SMARTS) is 1. The third kappa shape index (κ3) is 2.85. The van der Waals surface area contributed by atoms with Crippen LogP contribution in [0.25, 0.3) is 10.4 Å². The Balaban J connectivity index is 2.10. The van der Waals surface area contributed by atoms with Gasteiger partial charge in [-0.05, 0) is 29.3 Å². The van der Waals surface area contributed by atoms with E-state index in [4.69, 9.17) is 5.73 Å². The molecule has 3 rings (SSSR count). The molecular formula is C19H17NO3S. The Hall–Kier alpha value is -2.47. The molecule has 0 amide bonds. The van der Waals surface area contributed by atoms with Crippen LogP contribution in [0.3, 0.4) is 0 Å². The summed E-state index contributed by atoms with van der Waals surface area (Å²) in [6, 6.07) is 19.3. The van der Waals surface area contributed by atoms with Crippen LogP contribution < -0.4 is 5.73 Å². The molecule has 24 heavy (non-hydrogen) atoms. The van der Waals surface area contributed by atoms with E-state index in [1.165, 1.54) is 0 Å². The maximum Gasteiger partial charge on any atom is 0.345 e. The minimum Gasteiger partial charge on any atom is -0.479 e. The molecule has 0 fully saturated rings. The van der Waals surface area contributed by atoms with Gasteiger partial charge in [0.2, 0.25) is 5.60 Å². The molecule has 0 spiro atoms. The van der Waals surface area contributed by atoms with Gasteiger partial charge in [0.1, 0.15) is 0 Å². The first-order valence-electron chi connectivity index (χ1n) is 7.46. The van der Waals surface area contributed by atoms with Gasteiger partial charge >= 0.3 is 5.97 Å². The highest BCUT2D eigenvalue weighted by Gasteiger charge is 2.40. The quantitative estimate of drug-likeness (QED) is 0.666. The molecular weight excluding hydrogens is 322 g/mol. The summed E-state index contributed by atoms with van der Waals surface area (Å²) in [7, 11) is 0. The standard InChI is InChI=1S/C19H17NO3S/c20-12-16-9-10-17(24-16)13-5-4-8-15(11-13)19(23,18(21)22)14-6-2-1-3-7-14/h1-11,23H,12,20H2,(H,21,22)/t19-/m0/s1. The van der Waals surface area contributed by atoms with Crippen molar-refractivity contribution in [3.63, 3.8) is 0 Å². The third-order valence-electron chi connectivity index (χ3n) is 3.93. The number of hydrogen-bond donors (Lipinski definition) is 3. The van der Waals surface area contributed by atoms with E-state index in [2.05, 4.69) is 0 Å². The molecule has 1 atom stereocenters. The predicted molar refractivity (Wildman–Crippen MR) is 94.7 cm³/mol. The Morgan fingerprint density at radius 1 is 1.00 bits per heavy atom. The third-order valence-corrected chi connectivity index (χ3v) is 5.09. The monoisotopic (exact) mass is 339 g/mol. The van der Waals surface area contributed by atoms with Crippen LogP contribution in [-0.2, 0) is 16.9 Å². The smallest absolute Gasteiger partial charge is 0.345 e. The van der Waals surface area contributed by atoms with Crippen molar-refractivity contribution in [1.82, 2.24) is 0 Å². The minimum absolute atomic E-state index is 0.321. The first-order valence-corrected chi connectivity index (χ1v) is 8.28. The molecule has 1 heterocycles. The van der Waals surface area contributed by atoms with Crippen LogP contribution in [0.15, 0.2) is 66.7 Å². The Labute approximate surface area is 143 Å². The van der Waals surface area contributed by atoms with Gasteiger partial charge < -0.3 is 15.9 Å². The summed E-state index contributed by atoms with van der Waals surface area (Å²) in [6.07, 6.45) is 0. The molecule has 4 N–H and O–H groups in total. The number of aliphatic carboxylic acids is 1. The summed E-state index contributed by atoms with van der Waals surface area (Å²) >= 11 is 1.56. The van der Waals surface area contributed by atoms with Crippen molar-refractivity contribution in [2.45, 2.75) is 12.1 Å². The van der Waals surface area contributed by atoms with Gasteiger partial charge in [-0.3, -0.25) is 0 Å². The molecule has 122 valence electrons. The lowest BCUT2D eigenvalue weighted by Gasteiger charge is -2.25. The first-order chi connectivity index (χ1) is 11.6. The predicted octanol–water partition coefficient (Wildman–Crippen LogP) is 3.19. The van der Waals surface area contributed by atoms with Gasteiger partial charge in [-0.15, -0.1) is 11.3 Å². The largest absolute Gasteiger partial charge is 0.479 e. The lowest BCUT2D eigenvalue weighted by atomic mass is 9.85. The van der Waals surface area contributed by atoms with Crippen molar-refractivity contribution < 1.29 is 15.0 Å². The molecule has 5 heteroatoms. The van der Waals surface area contributed by atoms with Crippen LogP contribution >= 0.6 is 11.3 Å². The van der Waals surface area contributed by atoms with Crippen LogP contribution in [0, 0.1) is 0 Å². The number of rotatable bonds is 5. The van der Waals surface area contributed by atoms with Crippen LogP contribution in [-0.4, -0.2) is 16.2 Å². The van der Waals surface area contributed by atoms with E-state index in [0.717, 1.165) is 15.3 Å². The highest BCUT2D eigenvalue weighted by Crippen LogP contribution is 2.34. The normalized spacial score (nSPS) is 13.4. The van der Waals surface area contributed by atoms with Crippen molar-refractivity contribution >= 4 is 17.3 Å². The lowest BCUT2D eigenvalue weighted by Crippen LogP contribution is -2.36. The molecule has 2 aromatic carbocycles. The molecule has 0 unspecified atom stereocenters. The summed E-state index contributed by atoms with van der Waals surface area (Å²) in [5.74, 6) is -1.31. The SMILES string of the molecule is NCc1ccc(-c2cccc([C@](O)(C(=O)O)c3ccccc3)c2)s1. The fraction of sp³-hybridized carbons (Fsp3) is 0.105. The summed E-state index contributed by atoms with van der Waals surface area (Å²) in [5, 5.41) is 20.6. The molecule has 0 saturated heterocycles. The summed E-state index contributed by atoms with van der Waals surface area (Å²) in [4.78, 5) is 13.9. The van der Waals surface area contributed by atoms with E-state index in [1.807, 2.05) is 18.2 Å². The second-order valence-corrected chi connectivity index (χ2v) is 6.60. The minimum atomic E-state index is -2.09. The van der Waals surface area contributed by atoms with Gasteiger partial charge in [-0.2, -0.15) is 0 Å².